The largest absolute Gasteiger partial charge is 0.392 e. The number of halogens is 12. The molecule has 42 heavy (non-hydrogen) atoms. The Hall–Kier alpha value is -3.32. The summed E-state index contributed by atoms with van der Waals surface area (Å²) in [5.74, 6) is 0. The summed E-state index contributed by atoms with van der Waals surface area (Å²) in [5, 5.41) is 18.3. The maximum atomic E-state index is 9.87. The summed E-state index contributed by atoms with van der Waals surface area (Å²) in [6.45, 7) is 0.118. The smallest absolute Gasteiger partial charge is 0.210 e. The first-order valence-corrected chi connectivity index (χ1v) is 15.3. The molecule has 4 nitrogen and oxygen atoms in total. The van der Waals surface area contributed by atoms with Gasteiger partial charge in [-0.25, -0.2) is 0 Å². The molecule has 234 valence electrons. The maximum Gasteiger partial charge on any atom is 0.210 e. The average molecular weight is 660 g/mol. The molecule has 0 bridgehead atoms. The van der Waals surface area contributed by atoms with Gasteiger partial charge in [-0.3, -0.25) is 0 Å². The summed E-state index contributed by atoms with van der Waals surface area (Å²) in [6.07, 6.45) is 8.16. The molecule has 0 aliphatic heterocycles. The molecule has 0 radical (unpaired) electrons. The van der Waals surface area contributed by atoms with Gasteiger partial charge in [0.15, 0.2) is 24.8 Å². The van der Waals surface area contributed by atoms with Crippen LogP contribution in [0.15, 0.2) is 97.6 Å². The Morgan fingerprint density at radius 1 is 0.405 bits per heavy atom. The summed E-state index contributed by atoms with van der Waals surface area (Å²) < 4.78 is 122. The first-order chi connectivity index (χ1) is 18.7. The number of aliphatic hydroxyl groups excluding tert-OH is 2. The van der Waals surface area contributed by atoms with Gasteiger partial charge >= 0.3 is 66.0 Å². The topological polar surface area (TPSA) is 48.2 Å². The molecular formula is C24H22F12N2O2P2. The summed E-state index contributed by atoms with van der Waals surface area (Å²) in [4.78, 5) is 0. The van der Waals surface area contributed by atoms with Gasteiger partial charge in [0, 0.05) is 48.5 Å². The van der Waals surface area contributed by atoms with Gasteiger partial charge in [0.25, 0.3) is 0 Å². The van der Waals surface area contributed by atoms with E-state index in [1.54, 1.807) is 0 Å². The third-order valence-corrected chi connectivity index (χ3v) is 4.83. The number of hydrogen-bond acceptors (Lipinski definition) is 2. The second-order valence-electron chi connectivity index (χ2n) is 8.55. The number of aromatic nitrogens is 2. The van der Waals surface area contributed by atoms with Crippen molar-refractivity contribution in [2.24, 2.45) is 0 Å². The molecule has 2 N–H and O–H groups in total. The molecule has 0 unspecified atom stereocenters. The van der Waals surface area contributed by atoms with Crippen molar-refractivity contribution in [3.05, 3.63) is 109 Å². The van der Waals surface area contributed by atoms with Gasteiger partial charge in [-0.1, -0.05) is 24.3 Å². The van der Waals surface area contributed by atoms with E-state index < -0.39 is 15.6 Å². The molecule has 0 saturated heterocycles. The predicted octanol–water partition coefficient (Wildman–Crippen LogP) is 9.66. The van der Waals surface area contributed by atoms with Crippen LogP contribution in [0.2, 0.25) is 0 Å². The van der Waals surface area contributed by atoms with Crippen LogP contribution in [0.3, 0.4) is 0 Å². The van der Waals surface area contributed by atoms with Gasteiger partial charge in [-0.15, -0.1) is 0 Å². The molecule has 18 heteroatoms. The molecule has 0 saturated carbocycles. The van der Waals surface area contributed by atoms with Crippen LogP contribution in [0.5, 0.6) is 0 Å². The second kappa shape index (κ2) is 10.7. The van der Waals surface area contributed by atoms with Crippen LogP contribution >= 0.6 is 15.6 Å². The Morgan fingerprint density at radius 3 is 0.810 bits per heavy atom. The minimum absolute atomic E-state index is 0.0590. The number of rotatable bonds is 5. The van der Waals surface area contributed by atoms with Crippen LogP contribution in [0.25, 0.3) is 22.5 Å². The molecule has 0 spiro atoms. The second-order valence-corrected chi connectivity index (χ2v) is 12.4. The van der Waals surface area contributed by atoms with Crippen molar-refractivity contribution in [3.63, 3.8) is 0 Å². The zero-order valence-corrected chi connectivity index (χ0v) is 22.7. The number of nitrogens with zero attached hydrogens (tertiary/aromatic N) is 2. The van der Waals surface area contributed by atoms with Crippen molar-refractivity contribution >= 4 is 15.6 Å². The minimum atomic E-state index is -10.7. The Bertz CT molecular complexity index is 1340. The molecule has 0 aliphatic rings. The third kappa shape index (κ3) is 16.8. The molecule has 2 aromatic heterocycles. The molecular weight excluding hydrogens is 638 g/mol. The summed E-state index contributed by atoms with van der Waals surface area (Å²) >= 11 is 0. The van der Waals surface area contributed by atoms with Gasteiger partial charge in [0.1, 0.15) is 0 Å². The Labute approximate surface area is 230 Å². The monoisotopic (exact) mass is 660 g/mol. The summed E-state index contributed by atoms with van der Waals surface area (Å²) in [5.41, 5.74) is 6.22. The zero-order valence-electron chi connectivity index (χ0n) is 20.9. The average Bonchev–Trinajstić information content (AvgIpc) is 2.85. The first kappa shape index (κ1) is 34.9. The molecule has 2 aromatic carbocycles. The number of aliphatic hydroxyl groups is 2. The SMILES string of the molecule is F[P-](F)(F)(F)(F)F.F[P-](F)(F)(F)(F)F.OCc1ccc(-[n+]2ccc(-c3cc[n+](-c4ccc(CO)cc4)cc3)cc2)cc1. The van der Waals surface area contributed by atoms with Crippen LogP contribution in [0.4, 0.5) is 50.4 Å². The van der Waals surface area contributed by atoms with Crippen LogP contribution in [-0.4, -0.2) is 10.2 Å². The van der Waals surface area contributed by atoms with E-state index in [1.165, 1.54) is 0 Å². The van der Waals surface area contributed by atoms with E-state index in [0.717, 1.165) is 33.6 Å². The van der Waals surface area contributed by atoms with E-state index in [2.05, 4.69) is 33.4 Å². The molecule has 0 fully saturated rings. The Balaban J connectivity index is 0.000000367. The van der Waals surface area contributed by atoms with Gasteiger partial charge in [-0.05, 0) is 22.3 Å². The van der Waals surface area contributed by atoms with Crippen molar-refractivity contribution in [1.29, 1.82) is 0 Å². The van der Waals surface area contributed by atoms with E-state index in [0.29, 0.717) is 0 Å². The van der Waals surface area contributed by atoms with Crippen molar-refractivity contribution in [2.45, 2.75) is 13.2 Å². The molecule has 4 rings (SSSR count). The van der Waals surface area contributed by atoms with E-state index in [9.17, 15) is 50.4 Å². The van der Waals surface area contributed by atoms with E-state index in [4.69, 9.17) is 10.2 Å². The summed E-state index contributed by atoms with van der Waals surface area (Å²) in [6, 6.07) is 24.1. The molecule has 0 amide bonds. The van der Waals surface area contributed by atoms with E-state index >= 15 is 0 Å². The van der Waals surface area contributed by atoms with Crippen molar-refractivity contribution in [3.8, 4) is 22.5 Å². The number of pyridine rings is 2. The third-order valence-electron chi connectivity index (χ3n) is 4.83. The maximum absolute atomic E-state index is 10.7. The molecule has 0 atom stereocenters. The van der Waals surface area contributed by atoms with Crippen LogP contribution in [-0.2, 0) is 13.2 Å². The fraction of sp³-hybridized carbons (Fsp3) is 0.0833. The summed E-state index contributed by atoms with van der Waals surface area (Å²) in [7, 11) is -21.3. The molecule has 2 heterocycles. The normalized spacial score (nSPS) is 14.9. The van der Waals surface area contributed by atoms with Gasteiger partial charge in [0.2, 0.25) is 11.4 Å². The number of benzene rings is 2. The van der Waals surface area contributed by atoms with Crippen molar-refractivity contribution < 1.29 is 69.7 Å². The zero-order chi connectivity index (χ0) is 32.2. The van der Waals surface area contributed by atoms with Gasteiger partial charge in [0.05, 0.1) is 13.2 Å². The van der Waals surface area contributed by atoms with Crippen LogP contribution in [0, 0.1) is 0 Å². The molecule has 4 aromatic rings. The Morgan fingerprint density at radius 2 is 0.619 bits per heavy atom. The van der Waals surface area contributed by atoms with Crippen molar-refractivity contribution in [1.82, 2.24) is 0 Å². The van der Waals surface area contributed by atoms with Crippen LogP contribution in [0.1, 0.15) is 11.1 Å². The first-order valence-electron chi connectivity index (χ1n) is 11.2. The Kier molecular flexibility index (Phi) is 8.93. The molecule has 0 aliphatic carbocycles. The van der Waals surface area contributed by atoms with Crippen LogP contribution < -0.4 is 9.13 Å². The standard InChI is InChI=1S/C24H22N2O2.2F6P/c27-17-19-1-5-23(6-2-19)25-13-9-21(10-14-25)22-11-15-26(16-12-22)24-7-3-20(18-28)4-8-24;2*1-7(2,3,4,5)6/h1-16,27-28H,17-18H2;;/q+2;2*-1. The van der Waals surface area contributed by atoms with Gasteiger partial charge in [-0.2, -0.15) is 9.13 Å². The van der Waals surface area contributed by atoms with E-state index in [-0.39, 0.29) is 13.2 Å². The predicted molar refractivity (Wildman–Crippen MR) is 134 cm³/mol. The minimum Gasteiger partial charge on any atom is -0.392 e. The van der Waals surface area contributed by atoms with Crippen molar-refractivity contribution in [2.75, 3.05) is 0 Å². The van der Waals surface area contributed by atoms with E-state index in [1.807, 2.05) is 73.3 Å². The quantitative estimate of drug-likeness (QED) is 0.127. The fourth-order valence-electron chi connectivity index (χ4n) is 3.13. The van der Waals surface area contributed by atoms with Gasteiger partial charge < -0.3 is 10.2 Å². The fourth-order valence-corrected chi connectivity index (χ4v) is 3.13. The number of hydrogen-bond donors (Lipinski definition) is 2.